The van der Waals surface area contributed by atoms with Gasteiger partial charge in [0, 0.05) is 16.1 Å². The largest absolute Gasteiger partial charge is 0.461 e. The van der Waals surface area contributed by atoms with Crippen LogP contribution in [0.1, 0.15) is 55.1 Å². The highest BCUT2D eigenvalue weighted by atomic mass is 32.1. The van der Waals surface area contributed by atoms with E-state index in [1.54, 1.807) is 12.3 Å². The molecule has 0 aliphatic carbocycles. The van der Waals surface area contributed by atoms with Crippen LogP contribution in [0.5, 0.6) is 0 Å². The SMILES string of the molecule is CCOC(=O)c1csc(NC(=O)c2csc(NC(=O)c3csc(NC(c4ccccc4)(c4ccccc4)c4ccccc4)n3)n2)n1. The molecule has 0 bridgehead atoms. The van der Waals surface area contributed by atoms with Crippen molar-refractivity contribution in [2.24, 2.45) is 0 Å². The van der Waals surface area contributed by atoms with Gasteiger partial charge in [-0.05, 0) is 23.6 Å². The maximum atomic E-state index is 13.2. The van der Waals surface area contributed by atoms with Crippen molar-refractivity contribution in [3.05, 3.63) is 141 Å². The van der Waals surface area contributed by atoms with E-state index in [0.29, 0.717) is 5.13 Å². The number of amides is 2. The van der Waals surface area contributed by atoms with Gasteiger partial charge in [-0.25, -0.2) is 19.7 Å². The van der Waals surface area contributed by atoms with Crippen molar-refractivity contribution in [1.29, 1.82) is 0 Å². The van der Waals surface area contributed by atoms with Crippen molar-refractivity contribution < 1.29 is 19.1 Å². The lowest BCUT2D eigenvalue weighted by Gasteiger charge is -2.36. The second-order valence-corrected chi connectivity index (χ2v) is 12.3. The molecule has 3 heterocycles. The van der Waals surface area contributed by atoms with Crippen LogP contribution < -0.4 is 16.0 Å². The van der Waals surface area contributed by atoms with Crippen LogP contribution in [-0.4, -0.2) is 39.3 Å². The molecule has 0 fully saturated rings. The molecule has 0 unspecified atom stereocenters. The number of ether oxygens (including phenoxy) is 1. The minimum Gasteiger partial charge on any atom is -0.461 e. The van der Waals surface area contributed by atoms with Crippen LogP contribution in [0.4, 0.5) is 15.4 Å². The van der Waals surface area contributed by atoms with Crippen molar-refractivity contribution in [3.8, 4) is 0 Å². The van der Waals surface area contributed by atoms with Crippen molar-refractivity contribution in [2.75, 3.05) is 22.6 Å². The van der Waals surface area contributed by atoms with E-state index in [1.807, 2.05) is 54.6 Å². The Labute approximate surface area is 276 Å². The maximum absolute atomic E-state index is 13.2. The molecule has 13 heteroatoms. The summed E-state index contributed by atoms with van der Waals surface area (Å²) in [5.41, 5.74) is 2.64. The number of nitrogens with one attached hydrogen (secondary N) is 3. The molecule has 10 nitrogen and oxygen atoms in total. The number of rotatable bonds is 11. The number of carbonyl (C=O) groups is 3. The standard InChI is InChI=1S/C33H26N6O4S3/c1-2-43-29(42)26-20-45-31(36-26)38-27(40)24-18-44-30(34-24)37-28(41)25-19-46-32(35-25)39-33(21-12-6-3-7-13-21,22-14-8-4-9-15-22)23-16-10-5-11-17-23/h3-20H,2H2,1H3,(H,35,39)(H,34,37,41)(H,36,38,40). The summed E-state index contributed by atoms with van der Waals surface area (Å²) in [7, 11) is 0. The third kappa shape index (κ3) is 6.56. The van der Waals surface area contributed by atoms with E-state index in [-0.39, 0.29) is 34.0 Å². The fourth-order valence-electron chi connectivity index (χ4n) is 4.76. The quantitative estimate of drug-likeness (QED) is 0.0981. The number of benzene rings is 3. The molecule has 3 aromatic heterocycles. The Morgan fingerprint density at radius 3 is 1.46 bits per heavy atom. The van der Waals surface area contributed by atoms with Crippen LogP contribution in [-0.2, 0) is 10.3 Å². The Morgan fingerprint density at radius 2 is 1.00 bits per heavy atom. The van der Waals surface area contributed by atoms with E-state index in [0.717, 1.165) is 39.4 Å². The number of hydrogen-bond acceptors (Lipinski definition) is 11. The molecule has 0 saturated heterocycles. The highest BCUT2D eigenvalue weighted by molar-refractivity contribution is 7.15. The summed E-state index contributed by atoms with van der Waals surface area (Å²) >= 11 is 3.51. The van der Waals surface area contributed by atoms with Crippen molar-refractivity contribution in [1.82, 2.24) is 15.0 Å². The topological polar surface area (TPSA) is 135 Å². The van der Waals surface area contributed by atoms with Crippen LogP contribution in [0, 0.1) is 0 Å². The smallest absolute Gasteiger partial charge is 0.357 e. The summed E-state index contributed by atoms with van der Waals surface area (Å²) in [4.78, 5) is 50.8. The first-order valence-corrected chi connectivity index (χ1v) is 16.7. The highest BCUT2D eigenvalue weighted by Crippen LogP contribution is 2.40. The monoisotopic (exact) mass is 666 g/mol. The Kier molecular flexibility index (Phi) is 9.24. The van der Waals surface area contributed by atoms with E-state index in [4.69, 9.17) is 4.74 Å². The lowest BCUT2D eigenvalue weighted by molar-refractivity contribution is 0.0520. The molecule has 46 heavy (non-hydrogen) atoms. The molecule has 6 rings (SSSR count). The van der Waals surface area contributed by atoms with Gasteiger partial charge in [0.2, 0.25) is 0 Å². The zero-order valence-corrected chi connectivity index (χ0v) is 26.7. The number of aromatic nitrogens is 3. The highest BCUT2D eigenvalue weighted by Gasteiger charge is 2.37. The van der Waals surface area contributed by atoms with Gasteiger partial charge in [-0.15, -0.1) is 34.0 Å². The summed E-state index contributed by atoms with van der Waals surface area (Å²) in [6, 6.07) is 30.3. The summed E-state index contributed by atoms with van der Waals surface area (Å²) in [6.07, 6.45) is 0. The molecule has 230 valence electrons. The molecule has 2 amide bonds. The maximum Gasteiger partial charge on any atom is 0.357 e. The molecule has 3 N–H and O–H groups in total. The predicted octanol–water partition coefficient (Wildman–Crippen LogP) is 7.14. The van der Waals surface area contributed by atoms with Crippen LogP contribution in [0.2, 0.25) is 0 Å². The third-order valence-corrected chi connectivity index (χ3v) is 9.09. The number of carbonyl (C=O) groups excluding carboxylic acids is 3. The minimum atomic E-state index is -0.790. The minimum absolute atomic E-state index is 0.0900. The van der Waals surface area contributed by atoms with Gasteiger partial charge in [-0.2, -0.15) is 0 Å². The van der Waals surface area contributed by atoms with Crippen molar-refractivity contribution in [2.45, 2.75) is 12.5 Å². The van der Waals surface area contributed by atoms with Gasteiger partial charge in [0.05, 0.1) is 6.61 Å². The summed E-state index contributed by atoms with van der Waals surface area (Å²) in [5, 5.41) is 14.7. The Morgan fingerprint density at radius 1 is 0.609 bits per heavy atom. The summed E-state index contributed by atoms with van der Waals surface area (Å²) in [5.74, 6) is -1.56. The zero-order valence-electron chi connectivity index (χ0n) is 24.3. The summed E-state index contributed by atoms with van der Waals surface area (Å²) < 4.78 is 4.93. The number of esters is 1. The lowest BCUT2D eigenvalue weighted by atomic mass is 9.77. The van der Waals surface area contributed by atoms with Gasteiger partial charge >= 0.3 is 5.97 Å². The molecule has 6 aromatic rings. The van der Waals surface area contributed by atoms with Crippen LogP contribution in [0.25, 0.3) is 0 Å². The van der Waals surface area contributed by atoms with Gasteiger partial charge in [0.15, 0.2) is 21.1 Å². The van der Waals surface area contributed by atoms with Gasteiger partial charge in [-0.1, -0.05) is 91.0 Å². The molecular formula is C33H26N6O4S3. The molecule has 0 aliphatic heterocycles. The molecule has 3 aromatic carbocycles. The van der Waals surface area contributed by atoms with E-state index in [9.17, 15) is 14.4 Å². The number of anilines is 3. The average Bonchev–Trinajstić information content (AvgIpc) is 3.87. The average molecular weight is 667 g/mol. The lowest BCUT2D eigenvalue weighted by Crippen LogP contribution is -2.38. The molecule has 0 spiro atoms. The number of hydrogen-bond donors (Lipinski definition) is 3. The first-order valence-electron chi connectivity index (χ1n) is 14.1. The van der Waals surface area contributed by atoms with Crippen LogP contribution in [0.3, 0.4) is 0 Å². The van der Waals surface area contributed by atoms with Gasteiger partial charge in [0.25, 0.3) is 11.8 Å². The first-order chi connectivity index (χ1) is 22.5. The molecular weight excluding hydrogens is 641 g/mol. The van der Waals surface area contributed by atoms with E-state index in [1.165, 1.54) is 22.1 Å². The fraction of sp³-hybridized carbons (Fsp3) is 0.0909. The van der Waals surface area contributed by atoms with Crippen molar-refractivity contribution in [3.63, 3.8) is 0 Å². The predicted molar refractivity (Wildman–Crippen MR) is 181 cm³/mol. The molecule has 0 atom stereocenters. The molecule has 0 saturated carbocycles. The second-order valence-electron chi connectivity index (χ2n) is 9.72. The Balaban J connectivity index is 1.20. The zero-order chi connectivity index (χ0) is 31.9. The van der Waals surface area contributed by atoms with Crippen molar-refractivity contribution >= 4 is 67.2 Å². The fourth-order valence-corrected chi connectivity index (χ4v) is 6.87. The number of nitrogens with zero attached hydrogens (tertiary/aromatic N) is 3. The molecule has 0 aliphatic rings. The van der Waals surface area contributed by atoms with E-state index in [2.05, 4.69) is 67.3 Å². The van der Waals surface area contributed by atoms with E-state index >= 15 is 0 Å². The number of thiazole rings is 3. The van der Waals surface area contributed by atoms with Crippen LogP contribution in [0.15, 0.2) is 107 Å². The summed E-state index contributed by atoms with van der Waals surface area (Å²) in [6.45, 7) is 1.92. The second kappa shape index (κ2) is 13.8. The molecule has 0 radical (unpaired) electrons. The third-order valence-electron chi connectivity index (χ3n) is 6.82. The van der Waals surface area contributed by atoms with Gasteiger partial charge in [0.1, 0.15) is 16.9 Å². The Bertz CT molecular complexity index is 1860. The Hall–Kier alpha value is -5.24. The first kappa shape index (κ1) is 30.8. The van der Waals surface area contributed by atoms with Gasteiger partial charge in [-0.3, -0.25) is 20.2 Å². The van der Waals surface area contributed by atoms with Gasteiger partial charge < -0.3 is 10.1 Å². The van der Waals surface area contributed by atoms with E-state index < -0.39 is 23.3 Å². The van der Waals surface area contributed by atoms with Crippen LogP contribution >= 0.6 is 34.0 Å². The normalized spacial score (nSPS) is 11.1.